The third-order valence-electron chi connectivity index (χ3n) is 2.41. The number of hydrogen-bond acceptors (Lipinski definition) is 3. The molecule has 0 aromatic heterocycles. The van der Waals surface area contributed by atoms with Crippen LogP contribution in [0.25, 0.3) is 0 Å². The van der Waals surface area contributed by atoms with E-state index in [2.05, 4.69) is 26.0 Å². The first kappa shape index (κ1) is 15.6. The standard InChI is InChI=1S/C12H12BrF2NO3/c1-6-3-4-8(14)9(10(6)15)11(17)16-5-7(13)12(18)19-2/h3-4,7H,5H2,1-2H3,(H,16,17). The molecule has 104 valence electrons. The van der Waals surface area contributed by atoms with E-state index < -0.39 is 33.9 Å². The lowest BCUT2D eigenvalue weighted by molar-refractivity contribution is -0.139. The van der Waals surface area contributed by atoms with Crippen LogP contribution in [0.1, 0.15) is 15.9 Å². The van der Waals surface area contributed by atoms with Crippen LogP contribution in [0.5, 0.6) is 0 Å². The Labute approximate surface area is 117 Å². The molecule has 0 fully saturated rings. The predicted molar refractivity (Wildman–Crippen MR) is 68.2 cm³/mol. The van der Waals surface area contributed by atoms with E-state index in [0.717, 1.165) is 6.07 Å². The summed E-state index contributed by atoms with van der Waals surface area (Å²) < 4.78 is 31.5. The minimum Gasteiger partial charge on any atom is -0.468 e. The summed E-state index contributed by atoms with van der Waals surface area (Å²) in [6, 6.07) is 2.25. The summed E-state index contributed by atoms with van der Waals surface area (Å²) in [6.07, 6.45) is 0. The van der Waals surface area contributed by atoms with Gasteiger partial charge in [0.05, 0.1) is 7.11 Å². The van der Waals surface area contributed by atoms with Gasteiger partial charge in [0, 0.05) is 6.54 Å². The van der Waals surface area contributed by atoms with Crippen LogP contribution in [0.3, 0.4) is 0 Å². The van der Waals surface area contributed by atoms with E-state index in [9.17, 15) is 18.4 Å². The molecule has 7 heteroatoms. The summed E-state index contributed by atoms with van der Waals surface area (Å²) >= 11 is 2.98. The summed E-state index contributed by atoms with van der Waals surface area (Å²) in [6.45, 7) is 1.28. The minimum atomic E-state index is -0.954. The van der Waals surface area contributed by atoms with Gasteiger partial charge in [-0.15, -0.1) is 0 Å². The average molecular weight is 336 g/mol. The molecule has 0 radical (unpaired) electrons. The number of amides is 1. The number of rotatable bonds is 4. The van der Waals surface area contributed by atoms with Crippen molar-refractivity contribution in [1.82, 2.24) is 5.32 Å². The lowest BCUT2D eigenvalue weighted by Gasteiger charge is -2.11. The molecule has 1 aromatic rings. The van der Waals surface area contributed by atoms with Gasteiger partial charge >= 0.3 is 5.97 Å². The molecule has 1 aromatic carbocycles. The van der Waals surface area contributed by atoms with Crippen LogP contribution < -0.4 is 5.32 Å². The lowest BCUT2D eigenvalue weighted by atomic mass is 10.1. The maximum Gasteiger partial charge on any atom is 0.321 e. The highest BCUT2D eigenvalue weighted by molar-refractivity contribution is 9.10. The molecule has 0 bridgehead atoms. The van der Waals surface area contributed by atoms with E-state index in [-0.39, 0.29) is 12.1 Å². The third-order valence-corrected chi connectivity index (χ3v) is 3.11. The third kappa shape index (κ3) is 3.73. The maximum absolute atomic E-state index is 13.7. The van der Waals surface area contributed by atoms with Gasteiger partial charge in [0.15, 0.2) is 0 Å². The Bertz CT molecular complexity index is 508. The topological polar surface area (TPSA) is 55.4 Å². The molecule has 0 aliphatic rings. The molecule has 0 heterocycles. The van der Waals surface area contributed by atoms with Crippen LogP contribution in [0.2, 0.25) is 0 Å². The fraction of sp³-hybridized carbons (Fsp3) is 0.333. The number of carbonyl (C=O) groups excluding carboxylic acids is 2. The van der Waals surface area contributed by atoms with Crippen molar-refractivity contribution in [3.8, 4) is 0 Å². The normalized spacial score (nSPS) is 11.8. The van der Waals surface area contributed by atoms with Crippen molar-refractivity contribution in [3.63, 3.8) is 0 Å². The van der Waals surface area contributed by atoms with Gasteiger partial charge in [0.1, 0.15) is 22.0 Å². The monoisotopic (exact) mass is 335 g/mol. The highest BCUT2D eigenvalue weighted by atomic mass is 79.9. The molecule has 0 spiro atoms. The zero-order chi connectivity index (χ0) is 14.6. The van der Waals surface area contributed by atoms with Crippen LogP contribution >= 0.6 is 15.9 Å². The summed E-state index contributed by atoms with van der Waals surface area (Å²) in [7, 11) is 1.19. The molecule has 0 saturated heterocycles. The van der Waals surface area contributed by atoms with Crippen LogP contribution in [0.4, 0.5) is 8.78 Å². The Morgan fingerprint density at radius 1 is 1.42 bits per heavy atom. The van der Waals surface area contributed by atoms with Gasteiger partial charge in [-0.1, -0.05) is 22.0 Å². The molecule has 1 rings (SSSR count). The van der Waals surface area contributed by atoms with E-state index in [1.54, 1.807) is 0 Å². The van der Waals surface area contributed by atoms with Gasteiger partial charge in [0.25, 0.3) is 5.91 Å². The number of hydrogen-bond donors (Lipinski definition) is 1. The van der Waals surface area contributed by atoms with E-state index in [4.69, 9.17) is 0 Å². The SMILES string of the molecule is COC(=O)C(Br)CNC(=O)c1c(F)ccc(C)c1F. The van der Waals surface area contributed by atoms with Crippen molar-refractivity contribution < 1.29 is 23.1 Å². The van der Waals surface area contributed by atoms with E-state index in [0.29, 0.717) is 0 Å². The van der Waals surface area contributed by atoms with Gasteiger partial charge in [-0.2, -0.15) is 0 Å². The molecule has 1 N–H and O–H groups in total. The number of esters is 1. The Balaban J connectivity index is 2.80. The second kappa shape index (κ2) is 6.60. The predicted octanol–water partition coefficient (Wildman–Crippen LogP) is 1.94. The van der Waals surface area contributed by atoms with Crippen molar-refractivity contribution >= 4 is 27.8 Å². The number of alkyl halides is 1. The van der Waals surface area contributed by atoms with Gasteiger partial charge in [0.2, 0.25) is 0 Å². The molecule has 1 atom stereocenters. The number of carbonyl (C=O) groups is 2. The van der Waals surface area contributed by atoms with Gasteiger partial charge in [-0.3, -0.25) is 9.59 Å². The summed E-state index contributed by atoms with van der Waals surface area (Å²) in [5, 5.41) is 2.26. The van der Waals surface area contributed by atoms with Crippen LogP contribution in [-0.4, -0.2) is 30.4 Å². The number of halogens is 3. The summed E-state index contributed by atoms with van der Waals surface area (Å²) in [4.78, 5) is 22.0. The highest BCUT2D eigenvalue weighted by Gasteiger charge is 2.21. The van der Waals surface area contributed by atoms with Gasteiger partial charge in [-0.05, 0) is 18.6 Å². The Kier molecular flexibility index (Phi) is 5.41. The van der Waals surface area contributed by atoms with E-state index >= 15 is 0 Å². The smallest absolute Gasteiger partial charge is 0.321 e. The quantitative estimate of drug-likeness (QED) is 0.675. The largest absolute Gasteiger partial charge is 0.468 e. The molecule has 0 aliphatic carbocycles. The van der Waals surface area contributed by atoms with E-state index in [1.165, 1.54) is 20.1 Å². The first-order chi connectivity index (χ1) is 8.88. The Morgan fingerprint density at radius 3 is 2.63 bits per heavy atom. The van der Waals surface area contributed by atoms with Crippen LogP contribution in [-0.2, 0) is 9.53 Å². The Hall–Kier alpha value is -1.50. The molecule has 1 unspecified atom stereocenters. The number of ether oxygens (including phenoxy) is 1. The molecular formula is C12H12BrF2NO3. The number of benzene rings is 1. The number of nitrogens with one attached hydrogen (secondary N) is 1. The molecule has 4 nitrogen and oxygen atoms in total. The number of aryl methyl sites for hydroxylation is 1. The fourth-order valence-corrected chi connectivity index (χ4v) is 1.70. The molecule has 0 saturated carbocycles. The zero-order valence-electron chi connectivity index (χ0n) is 10.3. The number of methoxy groups -OCH3 is 1. The molecule has 0 aliphatic heterocycles. The fourth-order valence-electron chi connectivity index (χ4n) is 1.35. The van der Waals surface area contributed by atoms with Gasteiger partial charge in [-0.25, -0.2) is 8.78 Å². The Morgan fingerprint density at radius 2 is 2.05 bits per heavy atom. The average Bonchev–Trinajstić information content (AvgIpc) is 2.39. The van der Waals surface area contributed by atoms with Crippen molar-refractivity contribution in [2.45, 2.75) is 11.8 Å². The second-order valence-corrected chi connectivity index (χ2v) is 4.86. The summed E-state index contributed by atoms with van der Waals surface area (Å²) in [5.41, 5.74) is -0.500. The second-order valence-electron chi connectivity index (χ2n) is 3.75. The van der Waals surface area contributed by atoms with E-state index in [1.807, 2.05) is 0 Å². The van der Waals surface area contributed by atoms with Crippen molar-refractivity contribution in [1.29, 1.82) is 0 Å². The zero-order valence-corrected chi connectivity index (χ0v) is 11.9. The first-order valence-electron chi connectivity index (χ1n) is 5.33. The van der Waals surface area contributed by atoms with Crippen molar-refractivity contribution in [2.24, 2.45) is 0 Å². The highest BCUT2D eigenvalue weighted by Crippen LogP contribution is 2.16. The van der Waals surface area contributed by atoms with Crippen molar-refractivity contribution in [2.75, 3.05) is 13.7 Å². The lowest BCUT2D eigenvalue weighted by Crippen LogP contribution is -2.34. The van der Waals surface area contributed by atoms with Crippen molar-refractivity contribution in [3.05, 3.63) is 34.9 Å². The summed E-state index contributed by atoms with van der Waals surface area (Å²) in [5.74, 6) is -3.39. The van der Waals surface area contributed by atoms with Crippen LogP contribution in [0, 0.1) is 18.6 Å². The maximum atomic E-state index is 13.7. The molecular weight excluding hydrogens is 324 g/mol. The van der Waals surface area contributed by atoms with Crippen LogP contribution in [0.15, 0.2) is 12.1 Å². The first-order valence-corrected chi connectivity index (χ1v) is 6.24. The molecule has 1 amide bonds. The molecule has 19 heavy (non-hydrogen) atoms. The minimum absolute atomic E-state index is 0.141. The van der Waals surface area contributed by atoms with Gasteiger partial charge < -0.3 is 10.1 Å².